The van der Waals surface area contributed by atoms with E-state index in [1.54, 1.807) is 25.1 Å². The molecule has 6 heteroatoms. The summed E-state index contributed by atoms with van der Waals surface area (Å²) in [6.45, 7) is 1.68. The zero-order chi connectivity index (χ0) is 12.6. The lowest BCUT2D eigenvalue weighted by Gasteiger charge is -2.05. The van der Waals surface area contributed by atoms with E-state index in [1.807, 2.05) is 0 Å². The van der Waals surface area contributed by atoms with Crippen LogP contribution in [0, 0.1) is 0 Å². The summed E-state index contributed by atoms with van der Waals surface area (Å²) in [5.74, 6) is -0.517. The molecule has 3 unspecified atom stereocenters. The Labute approximate surface area is 100 Å². The zero-order valence-electron chi connectivity index (χ0n) is 9.53. The first-order chi connectivity index (χ1) is 8.00. The van der Waals surface area contributed by atoms with E-state index in [-0.39, 0.29) is 10.9 Å². The summed E-state index contributed by atoms with van der Waals surface area (Å²) in [5.41, 5.74) is 0. The van der Waals surface area contributed by atoms with Gasteiger partial charge in [-0.3, -0.25) is 4.79 Å². The smallest absolute Gasteiger partial charge is 0.325 e. The van der Waals surface area contributed by atoms with Crippen LogP contribution in [0.4, 0.5) is 0 Å². The summed E-state index contributed by atoms with van der Waals surface area (Å²) in [6.07, 6.45) is 0. The molecule has 17 heavy (non-hydrogen) atoms. The second kappa shape index (κ2) is 4.12. The summed E-state index contributed by atoms with van der Waals surface area (Å²) < 4.78 is 30.0. The zero-order valence-corrected chi connectivity index (χ0v) is 10.3. The van der Waals surface area contributed by atoms with E-state index in [9.17, 15) is 13.2 Å². The van der Waals surface area contributed by atoms with Crippen LogP contribution < -0.4 is 0 Å². The first-order valence-corrected chi connectivity index (χ1v) is 6.60. The van der Waals surface area contributed by atoms with Gasteiger partial charge in [-0.1, -0.05) is 18.2 Å². The average molecular weight is 255 g/mol. The molecular weight excluding hydrogens is 242 g/mol. The topological polar surface area (TPSA) is 63.5 Å². The van der Waals surface area contributed by atoms with Crippen molar-refractivity contribution in [1.29, 1.82) is 0 Å². The van der Waals surface area contributed by atoms with Gasteiger partial charge in [0, 0.05) is 0 Å². The number of methoxy groups -OCH3 is 1. The maximum absolute atomic E-state index is 12.2. The van der Waals surface area contributed by atoms with E-state index in [1.165, 1.54) is 19.2 Å². The molecule has 0 bridgehead atoms. The largest absolute Gasteiger partial charge is 0.468 e. The highest BCUT2D eigenvalue weighted by molar-refractivity contribution is 7.89. The van der Waals surface area contributed by atoms with Gasteiger partial charge in [-0.05, 0) is 19.1 Å². The molecule has 0 aromatic heterocycles. The summed E-state index contributed by atoms with van der Waals surface area (Å²) in [7, 11) is -2.34. The molecule has 1 aliphatic heterocycles. The third kappa shape index (κ3) is 1.94. The summed E-state index contributed by atoms with van der Waals surface area (Å²) in [6, 6.07) is 7.02. The van der Waals surface area contributed by atoms with Crippen LogP contribution >= 0.6 is 0 Å². The number of carbonyl (C=O) groups excluding carboxylic acids is 1. The number of rotatable bonds is 3. The first kappa shape index (κ1) is 12.1. The molecule has 1 aromatic rings. The maximum Gasteiger partial charge on any atom is 0.325 e. The van der Waals surface area contributed by atoms with Gasteiger partial charge in [0.15, 0.2) is 0 Å². The minimum atomic E-state index is -3.59. The number of hydrogen-bond donors (Lipinski definition) is 0. The third-order valence-corrected chi connectivity index (χ3v) is 4.79. The first-order valence-electron chi connectivity index (χ1n) is 5.16. The van der Waals surface area contributed by atoms with Crippen molar-refractivity contribution < 1.29 is 17.9 Å². The average Bonchev–Trinajstić information content (AvgIpc) is 3.02. The van der Waals surface area contributed by atoms with Gasteiger partial charge >= 0.3 is 5.97 Å². The van der Waals surface area contributed by atoms with Crippen LogP contribution in [0.5, 0.6) is 0 Å². The molecule has 1 saturated heterocycles. The maximum atomic E-state index is 12.2. The fourth-order valence-corrected chi connectivity index (χ4v) is 3.63. The highest BCUT2D eigenvalue weighted by Crippen LogP contribution is 2.35. The number of esters is 1. The molecule has 5 nitrogen and oxygen atoms in total. The number of carbonyl (C=O) groups is 1. The van der Waals surface area contributed by atoms with Gasteiger partial charge in [0.1, 0.15) is 6.04 Å². The number of hydrogen-bond acceptors (Lipinski definition) is 4. The van der Waals surface area contributed by atoms with Gasteiger partial charge in [0.05, 0.1) is 18.0 Å². The van der Waals surface area contributed by atoms with Crippen molar-refractivity contribution in [1.82, 2.24) is 4.31 Å². The molecule has 0 saturated carbocycles. The van der Waals surface area contributed by atoms with Crippen molar-refractivity contribution in [3.05, 3.63) is 30.3 Å². The summed E-state index contributed by atoms with van der Waals surface area (Å²) in [4.78, 5) is 11.5. The van der Waals surface area contributed by atoms with Crippen LogP contribution in [0.15, 0.2) is 35.2 Å². The van der Waals surface area contributed by atoms with E-state index < -0.39 is 22.0 Å². The fraction of sp³-hybridized carbons (Fsp3) is 0.364. The van der Waals surface area contributed by atoms with Crippen LogP contribution in [-0.4, -0.2) is 37.9 Å². The SMILES string of the molecule is COC(=O)C1C(C)N1S(=O)(=O)c1ccccc1. The molecule has 0 amide bonds. The molecule has 0 N–H and O–H groups in total. The van der Waals surface area contributed by atoms with E-state index >= 15 is 0 Å². The van der Waals surface area contributed by atoms with Gasteiger partial charge in [0.25, 0.3) is 0 Å². The number of nitrogens with zero attached hydrogens (tertiary/aromatic N) is 1. The van der Waals surface area contributed by atoms with Crippen LogP contribution in [-0.2, 0) is 19.6 Å². The fourth-order valence-electron chi connectivity index (χ4n) is 1.83. The second-order valence-corrected chi connectivity index (χ2v) is 5.70. The van der Waals surface area contributed by atoms with Crippen molar-refractivity contribution in [2.45, 2.75) is 23.9 Å². The van der Waals surface area contributed by atoms with E-state index in [0.29, 0.717) is 0 Å². The Balaban J connectivity index is 2.28. The molecule has 1 aliphatic rings. The van der Waals surface area contributed by atoms with Crippen molar-refractivity contribution >= 4 is 16.0 Å². The van der Waals surface area contributed by atoms with E-state index in [4.69, 9.17) is 0 Å². The molecule has 1 heterocycles. The van der Waals surface area contributed by atoms with Crippen LogP contribution in [0.1, 0.15) is 6.92 Å². The minimum Gasteiger partial charge on any atom is -0.468 e. The van der Waals surface area contributed by atoms with Gasteiger partial charge in [-0.25, -0.2) is 8.42 Å². The molecule has 1 aromatic carbocycles. The normalized spacial score (nSPS) is 27.5. The Morgan fingerprint density at radius 1 is 1.29 bits per heavy atom. The van der Waals surface area contributed by atoms with Gasteiger partial charge in [0.2, 0.25) is 10.0 Å². The molecule has 92 valence electrons. The second-order valence-electron chi connectivity index (χ2n) is 3.86. The van der Waals surface area contributed by atoms with Gasteiger partial charge in [-0.2, -0.15) is 4.31 Å². The van der Waals surface area contributed by atoms with Crippen LogP contribution in [0.2, 0.25) is 0 Å². The monoisotopic (exact) mass is 255 g/mol. The quantitative estimate of drug-likeness (QED) is 0.587. The standard InChI is InChI=1S/C11H13NO4S/c1-8-10(11(13)16-2)12(8)17(14,15)9-6-4-3-5-7-9/h3-8,10H,1-2H3. The van der Waals surface area contributed by atoms with E-state index in [2.05, 4.69) is 4.74 Å². The van der Waals surface area contributed by atoms with Crippen LogP contribution in [0.25, 0.3) is 0 Å². The molecule has 0 spiro atoms. The number of ether oxygens (including phenoxy) is 1. The summed E-state index contributed by atoms with van der Waals surface area (Å²) >= 11 is 0. The van der Waals surface area contributed by atoms with Crippen LogP contribution in [0.3, 0.4) is 0 Å². The number of sulfonamides is 1. The predicted molar refractivity (Wildman–Crippen MR) is 60.7 cm³/mol. The lowest BCUT2D eigenvalue weighted by Crippen LogP contribution is -2.20. The highest BCUT2D eigenvalue weighted by atomic mass is 32.2. The minimum absolute atomic E-state index is 0.193. The summed E-state index contributed by atoms with van der Waals surface area (Å²) in [5, 5.41) is 0. The Bertz CT molecular complexity index is 526. The molecular formula is C11H13NO4S. The Morgan fingerprint density at radius 3 is 2.41 bits per heavy atom. The van der Waals surface area contributed by atoms with Crippen molar-refractivity contribution in [2.75, 3.05) is 7.11 Å². The lowest BCUT2D eigenvalue weighted by molar-refractivity contribution is -0.140. The van der Waals surface area contributed by atoms with Gasteiger partial charge < -0.3 is 4.74 Å². The molecule has 3 atom stereocenters. The predicted octanol–water partition coefficient (Wildman–Crippen LogP) is 0.621. The Morgan fingerprint density at radius 2 is 1.88 bits per heavy atom. The number of benzene rings is 1. The molecule has 2 rings (SSSR count). The Kier molecular flexibility index (Phi) is 2.92. The highest BCUT2D eigenvalue weighted by Gasteiger charge is 2.57. The van der Waals surface area contributed by atoms with Crippen molar-refractivity contribution in [2.24, 2.45) is 0 Å². The Hall–Kier alpha value is -1.40. The molecule has 1 fully saturated rings. The van der Waals surface area contributed by atoms with Gasteiger partial charge in [-0.15, -0.1) is 0 Å². The molecule has 0 aliphatic carbocycles. The van der Waals surface area contributed by atoms with E-state index in [0.717, 1.165) is 4.31 Å². The molecule has 0 radical (unpaired) electrons. The van der Waals surface area contributed by atoms with Crippen molar-refractivity contribution in [3.63, 3.8) is 0 Å². The third-order valence-electron chi connectivity index (χ3n) is 2.80. The lowest BCUT2D eigenvalue weighted by atomic mass is 10.3. The van der Waals surface area contributed by atoms with Crippen molar-refractivity contribution in [3.8, 4) is 0 Å².